The third-order valence-corrected chi connectivity index (χ3v) is 4.92. The van der Waals surface area contributed by atoms with Gasteiger partial charge >= 0.3 is 0 Å². The number of rotatable bonds is 5. The van der Waals surface area contributed by atoms with Gasteiger partial charge in [0.25, 0.3) is 0 Å². The fourth-order valence-corrected chi connectivity index (χ4v) is 3.48. The summed E-state index contributed by atoms with van der Waals surface area (Å²) in [7, 11) is 0. The van der Waals surface area contributed by atoms with Gasteiger partial charge in [0, 0.05) is 31.2 Å². The van der Waals surface area contributed by atoms with Crippen LogP contribution in [-0.4, -0.2) is 28.5 Å². The van der Waals surface area contributed by atoms with Crippen molar-refractivity contribution in [3.05, 3.63) is 60.3 Å². The number of anilines is 1. The van der Waals surface area contributed by atoms with Crippen molar-refractivity contribution in [3.63, 3.8) is 0 Å². The largest absolute Gasteiger partial charge is 0.357 e. The summed E-state index contributed by atoms with van der Waals surface area (Å²) < 4.78 is 1.93. The molecular formula is C21H24N4O. The second kappa shape index (κ2) is 7.60. The molecule has 4 rings (SSSR count). The van der Waals surface area contributed by atoms with Crippen LogP contribution in [-0.2, 0) is 17.9 Å². The van der Waals surface area contributed by atoms with Crippen molar-refractivity contribution in [3.8, 4) is 0 Å². The van der Waals surface area contributed by atoms with Crippen molar-refractivity contribution in [2.75, 3.05) is 18.0 Å². The van der Waals surface area contributed by atoms with Crippen LogP contribution in [0, 0.1) is 0 Å². The van der Waals surface area contributed by atoms with Crippen LogP contribution in [0.25, 0.3) is 11.0 Å². The molecule has 1 fully saturated rings. The lowest BCUT2D eigenvalue weighted by molar-refractivity contribution is -0.121. The first-order valence-electron chi connectivity index (χ1n) is 9.31. The number of carbonyl (C=O) groups excluding carboxylic acids is 1. The Balaban J connectivity index is 1.46. The smallest absolute Gasteiger partial charge is 0.240 e. The minimum absolute atomic E-state index is 0.00321. The summed E-state index contributed by atoms with van der Waals surface area (Å²) >= 11 is 0. The molecule has 0 atom stereocenters. The molecule has 0 saturated carbocycles. The van der Waals surface area contributed by atoms with Gasteiger partial charge in [-0.1, -0.05) is 30.3 Å². The van der Waals surface area contributed by atoms with Gasteiger partial charge in [-0.2, -0.15) is 0 Å². The Labute approximate surface area is 153 Å². The van der Waals surface area contributed by atoms with Gasteiger partial charge in [-0.05, 0) is 43.0 Å². The van der Waals surface area contributed by atoms with Crippen LogP contribution in [0.15, 0.2) is 54.7 Å². The Hall–Kier alpha value is -2.82. The Kier molecular flexibility index (Phi) is 4.86. The molecule has 5 nitrogen and oxygen atoms in total. The first kappa shape index (κ1) is 16.6. The standard InChI is InChI=1S/C21H24N4O/c26-20(22-15-17-7-3-1-4-8-17)16-25-14-11-18-9-10-19(23-21(18)25)24-12-5-2-6-13-24/h1,3-4,7-11,14H,2,5-6,12-13,15-16H2,(H,22,26). The number of nitrogens with zero attached hydrogens (tertiary/aromatic N) is 3. The highest BCUT2D eigenvalue weighted by Crippen LogP contribution is 2.22. The number of fused-ring (bicyclic) bond motifs is 1. The maximum atomic E-state index is 12.3. The fourth-order valence-electron chi connectivity index (χ4n) is 3.48. The molecule has 134 valence electrons. The van der Waals surface area contributed by atoms with E-state index in [1.54, 1.807) is 0 Å². The highest BCUT2D eigenvalue weighted by Gasteiger charge is 2.14. The predicted octanol–water partition coefficient (Wildman–Crippen LogP) is 3.34. The third kappa shape index (κ3) is 3.72. The average Bonchev–Trinajstić information content (AvgIpc) is 3.10. The van der Waals surface area contributed by atoms with Crippen LogP contribution in [0.4, 0.5) is 5.82 Å². The van der Waals surface area contributed by atoms with E-state index in [1.165, 1.54) is 19.3 Å². The topological polar surface area (TPSA) is 50.2 Å². The van der Waals surface area contributed by atoms with Gasteiger partial charge in [0.2, 0.25) is 5.91 Å². The number of hydrogen-bond acceptors (Lipinski definition) is 3. The summed E-state index contributed by atoms with van der Waals surface area (Å²) in [4.78, 5) is 19.5. The van der Waals surface area contributed by atoms with E-state index in [2.05, 4.69) is 22.3 Å². The highest BCUT2D eigenvalue weighted by atomic mass is 16.1. The second-order valence-electron chi connectivity index (χ2n) is 6.84. The van der Waals surface area contributed by atoms with Gasteiger partial charge < -0.3 is 14.8 Å². The van der Waals surface area contributed by atoms with Gasteiger partial charge in [0.1, 0.15) is 18.0 Å². The van der Waals surface area contributed by atoms with Crippen molar-refractivity contribution < 1.29 is 4.79 Å². The molecule has 5 heteroatoms. The van der Waals surface area contributed by atoms with E-state index in [9.17, 15) is 4.79 Å². The molecule has 0 radical (unpaired) electrons. The lowest BCUT2D eigenvalue weighted by Gasteiger charge is -2.27. The molecule has 0 aliphatic carbocycles. The van der Waals surface area contributed by atoms with Crippen molar-refractivity contribution in [2.24, 2.45) is 0 Å². The zero-order chi connectivity index (χ0) is 17.8. The van der Waals surface area contributed by atoms with Crippen LogP contribution in [0.2, 0.25) is 0 Å². The van der Waals surface area contributed by atoms with Crippen molar-refractivity contribution >= 4 is 22.8 Å². The molecule has 1 saturated heterocycles. The number of nitrogens with one attached hydrogen (secondary N) is 1. The summed E-state index contributed by atoms with van der Waals surface area (Å²) in [5, 5.41) is 4.05. The minimum Gasteiger partial charge on any atom is -0.357 e. The number of pyridine rings is 1. The molecule has 1 amide bonds. The fraction of sp³-hybridized carbons (Fsp3) is 0.333. The van der Waals surface area contributed by atoms with E-state index in [0.717, 1.165) is 35.5 Å². The molecule has 1 N–H and O–H groups in total. The van der Waals surface area contributed by atoms with E-state index in [0.29, 0.717) is 6.54 Å². The Morgan fingerprint density at radius 1 is 1.00 bits per heavy atom. The minimum atomic E-state index is -0.00321. The number of amides is 1. The van der Waals surface area contributed by atoms with Gasteiger partial charge in [-0.3, -0.25) is 4.79 Å². The van der Waals surface area contributed by atoms with Crippen LogP contribution in [0.1, 0.15) is 24.8 Å². The normalized spacial score (nSPS) is 14.5. The first-order chi connectivity index (χ1) is 12.8. The van der Waals surface area contributed by atoms with E-state index in [1.807, 2.05) is 47.2 Å². The second-order valence-corrected chi connectivity index (χ2v) is 6.84. The summed E-state index contributed by atoms with van der Waals surface area (Å²) in [6.45, 7) is 2.96. The summed E-state index contributed by atoms with van der Waals surface area (Å²) in [5.74, 6) is 1.01. The van der Waals surface area contributed by atoms with Gasteiger partial charge in [-0.15, -0.1) is 0 Å². The molecule has 1 aliphatic rings. The number of aromatic nitrogens is 2. The zero-order valence-corrected chi connectivity index (χ0v) is 14.9. The quantitative estimate of drug-likeness (QED) is 0.769. The predicted molar refractivity (Wildman–Crippen MR) is 104 cm³/mol. The van der Waals surface area contributed by atoms with Crippen LogP contribution < -0.4 is 10.2 Å². The van der Waals surface area contributed by atoms with Gasteiger partial charge in [0.05, 0.1) is 0 Å². The molecule has 3 aromatic rings. The SMILES string of the molecule is O=C(Cn1ccc2ccc(N3CCCCC3)nc21)NCc1ccccc1. The number of benzene rings is 1. The number of hydrogen-bond donors (Lipinski definition) is 1. The Morgan fingerprint density at radius 2 is 1.81 bits per heavy atom. The monoisotopic (exact) mass is 348 g/mol. The van der Waals surface area contributed by atoms with E-state index in [4.69, 9.17) is 4.98 Å². The Morgan fingerprint density at radius 3 is 2.62 bits per heavy atom. The molecule has 0 unspecified atom stereocenters. The molecule has 2 aromatic heterocycles. The van der Waals surface area contributed by atoms with E-state index >= 15 is 0 Å². The summed E-state index contributed by atoms with van der Waals surface area (Å²) in [6, 6.07) is 16.2. The first-order valence-corrected chi connectivity index (χ1v) is 9.31. The van der Waals surface area contributed by atoms with Crippen molar-refractivity contribution in [1.82, 2.24) is 14.9 Å². The molecule has 1 aromatic carbocycles. The zero-order valence-electron chi connectivity index (χ0n) is 14.9. The molecule has 26 heavy (non-hydrogen) atoms. The Bertz CT molecular complexity index is 881. The van der Waals surface area contributed by atoms with E-state index < -0.39 is 0 Å². The molecular weight excluding hydrogens is 324 g/mol. The van der Waals surface area contributed by atoms with E-state index in [-0.39, 0.29) is 12.5 Å². The highest BCUT2D eigenvalue weighted by molar-refractivity contribution is 5.82. The number of piperidine rings is 1. The van der Waals surface area contributed by atoms with Crippen molar-refractivity contribution in [1.29, 1.82) is 0 Å². The molecule has 1 aliphatic heterocycles. The maximum absolute atomic E-state index is 12.3. The molecule has 0 bridgehead atoms. The summed E-state index contributed by atoms with van der Waals surface area (Å²) in [5.41, 5.74) is 1.98. The number of carbonyl (C=O) groups is 1. The lowest BCUT2D eigenvalue weighted by Crippen LogP contribution is -2.30. The van der Waals surface area contributed by atoms with Crippen LogP contribution in [0.5, 0.6) is 0 Å². The van der Waals surface area contributed by atoms with Gasteiger partial charge in [0.15, 0.2) is 0 Å². The third-order valence-electron chi connectivity index (χ3n) is 4.92. The van der Waals surface area contributed by atoms with Crippen LogP contribution >= 0.6 is 0 Å². The van der Waals surface area contributed by atoms with Gasteiger partial charge in [-0.25, -0.2) is 4.98 Å². The summed E-state index contributed by atoms with van der Waals surface area (Å²) in [6.07, 6.45) is 5.70. The lowest BCUT2D eigenvalue weighted by atomic mass is 10.1. The van der Waals surface area contributed by atoms with Crippen LogP contribution in [0.3, 0.4) is 0 Å². The maximum Gasteiger partial charge on any atom is 0.240 e. The van der Waals surface area contributed by atoms with Crippen molar-refractivity contribution in [2.45, 2.75) is 32.4 Å². The molecule has 3 heterocycles. The average molecular weight is 348 g/mol. The molecule has 0 spiro atoms.